The van der Waals surface area contributed by atoms with Crippen LogP contribution in [-0.2, 0) is 28.2 Å². The van der Waals surface area contributed by atoms with E-state index in [9.17, 15) is 0 Å². The van der Waals surface area contributed by atoms with Gasteiger partial charge < -0.3 is 0 Å². The molecule has 0 aliphatic carbocycles. The van der Waals surface area contributed by atoms with Gasteiger partial charge >= 0.3 is 34.5 Å². The van der Waals surface area contributed by atoms with Crippen molar-refractivity contribution in [3.05, 3.63) is 333 Å². The van der Waals surface area contributed by atoms with Crippen LogP contribution in [0.3, 0.4) is 0 Å². The zero-order chi connectivity index (χ0) is 64.7. The molecule has 11 aromatic rings. The van der Waals surface area contributed by atoms with Crippen LogP contribution in [0.15, 0.2) is 322 Å². The molecule has 0 fully saturated rings. The monoisotopic (exact) mass is 1450 g/mol. The van der Waals surface area contributed by atoms with Gasteiger partial charge in [-0.1, -0.05) is 320 Å². The zero-order valence-electron chi connectivity index (χ0n) is 53.6. The summed E-state index contributed by atoms with van der Waals surface area (Å²) >= 11 is 3.68. The third kappa shape index (κ3) is 30.3. The number of pyridine rings is 2. The van der Waals surface area contributed by atoms with Gasteiger partial charge in [0.1, 0.15) is 0 Å². The van der Waals surface area contributed by atoms with Crippen molar-refractivity contribution in [2.75, 3.05) is 49.2 Å². The second-order valence-electron chi connectivity index (χ2n) is 20.7. The molecule has 0 spiro atoms. The molecule has 0 atom stereocenters. The number of rotatable bonds is 25. The Morgan fingerprint density at radius 2 is 0.495 bits per heavy atom. The van der Waals surface area contributed by atoms with Gasteiger partial charge in [-0.15, -0.1) is 0 Å². The van der Waals surface area contributed by atoms with E-state index in [1.165, 1.54) is 121 Å². The van der Waals surface area contributed by atoms with Crippen LogP contribution in [0, 0.1) is 0 Å². The molecular weight excluding hydrogens is 1360 g/mol. The normalized spacial score (nSPS) is 10.5. The molecule has 11 rings (SSSR count). The number of aromatic nitrogens is 2. The molecule has 2 aromatic heterocycles. The van der Waals surface area contributed by atoms with Crippen LogP contribution in [-0.4, -0.2) is 69.0 Å². The molecule has 12 heteroatoms. The van der Waals surface area contributed by atoms with Gasteiger partial charge in [0.2, 0.25) is 0 Å². The zero-order valence-corrected chi connectivity index (χ0v) is 61.2. The molecule has 0 unspecified atom stereocenters. The number of hydrogen-bond acceptors (Lipinski definition) is 6. The van der Waals surface area contributed by atoms with Gasteiger partial charge in [0, 0.05) is 50.1 Å². The Morgan fingerprint density at radius 3 is 0.656 bits per heavy atom. The molecule has 4 nitrogen and oxygen atoms in total. The maximum Gasteiger partial charge on any atom is -0.0134 e. The van der Waals surface area contributed by atoms with E-state index in [4.69, 9.17) is 19.4 Å². The van der Waals surface area contributed by atoms with Crippen molar-refractivity contribution in [3.63, 3.8) is 0 Å². The molecule has 0 bridgehead atoms. The second kappa shape index (κ2) is 49.9. The molecule has 9 aromatic carbocycles. The minimum absolute atomic E-state index is 0. The average molecular weight is 1450 g/mol. The average Bonchev–Trinajstić information content (AvgIpc) is 1.55. The first-order valence-corrected chi connectivity index (χ1v) is 42.4. The quantitative estimate of drug-likeness (QED) is 0.0322. The Kier molecular flexibility index (Phi) is 41.9. The standard InChI is InChI=1S/3C18H15P.2C13H22N2S.CH4.2ClH.Ru/c3*1-4-10-16(11-5-1)19(17-12-6-2-7-13-17)18-14-8-3-9-15-18;2*1-3-9-15(10-11-16-4-2)12-13-7-5-6-8-14-13;;;;/h3*1-15H;2*5-8H,3-4,9-12H2,1-2H3;1H4;2*1H;/q;;;;;;;;+2/p-2. The minimum Gasteiger partial charge on any atom is -0.0622 e. The molecule has 0 saturated carbocycles. The summed E-state index contributed by atoms with van der Waals surface area (Å²) in [6.07, 6.45) is 6.17. The third-order valence-corrected chi connectivity index (χ3v) is 23.0. The van der Waals surface area contributed by atoms with Gasteiger partial charge in [-0.25, -0.2) is 0 Å². The molecule has 486 valence electrons. The molecule has 0 amide bonds. The maximum atomic E-state index is 4.85. The minimum atomic E-state index is -0.446. The molecular formula is C81H93Cl2N4P3RuS2. The molecule has 0 radical (unpaired) electrons. The van der Waals surface area contributed by atoms with Crippen LogP contribution >= 0.6 is 66.7 Å². The van der Waals surface area contributed by atoms with Crippen LogP contribution in [0.25, 0.3) is 0 Å². The summed E-state index contributed by atoms with van der Waals surface area (Å²) in [4.78, 5) is 13.7. The summed E-state index contributed by atoms with van der Waals surface area (Å²) in [5, 5.41) is 12.6. The number of nitrogens with zero attached hydrogens (tertiary/aromatic N) is 4. The van der Waals surface area contributed by atoms with Crippen LogP contribution < -0.4 is 47.7 Å². The molecule has 2 heterocycles. The van der Waals surface area contributed by atoms with E-state index in [-0.39, 0.29) is 22.6 Å². The number of hydrogen-bond donors (Lipinski definition) is 0. The van der Waals surface area contributed by atoms with E-state index in [2.05, 4.69) is 345 Å². The van der Waals surface area contributed by atoms with Crippen molar-refractivity contribution >= 4 is 114 Å². The third-order valence-electron chi connectivity index (χ3n) is 13.9. The van der Waals surface area contributed by atoms with Crippen LogP contribution in [0.5, 0.6) is 0 Å². The van der Waals surface area contributed by atoms with E-state index in [1.54, 1.807) is 0 Å². The van der Waals surface area contributed by atoms with Gasteiger partial charge in [-0.05, 0) is 133 Å². The van der Waals surface area contributed by atoms with E-state index < -0.39 is 23.8 Å². The topological polar surface area (TPSA) is 32.3 Å². The molecule has 0 aliphatic heterocycles. The van der Waals surface area contributed by atoms with Crippen molar-refractivity contribution in [3.8, 4) is 0 Å². The van der Waals surface area contributed by atoms with Crippen molar-refractivity contribution in [2.24, 2.45) is 0 Å². The SMILES string of the molecule is C.CCCN(CCSCC)Cc1ccccn1.CCCN(CCSCC)Cc1ccccn1.[Cl][Ru][Cl].c1ccc(P(c2ccccc2)c2ccccc2)cc1.c1ccc(P(c2ccccc2)c2ccccc2)cc1.c1ccc(P(c2ccccc2)c2ccccc2)cc1. The smallest absolute Gasteiger partial charge is 0.0134 e. The first-order chi connectivity index (χ1) is 45.5. The summed E-state index contributed by atoms with van der Waals surface area (Å²) in [5.41, 5.74) is 2.36. The largest absolute Gasteiger partial charge is 0.0622 e. The number of thioether (sulfide) groups is 2. The van der Waals surface area contributed by atoms with Gasteiger partial charge in [0.15, 0.2) is 0 Å². The summed E-state index contributed by atoms with van der Waals surface area (Å²) < 4.78 is 0. The van der Waals surface area contributed by atoms with Gasteiger partial charge in [0.25, 0.3) is 0 Å². The predicted molar refractivity (Wildman–Crippen MR) is 419 cm³/mol. The first-order valence-electron chi connectivity index (χ1n) is 31.6. The van der Waals surface area contributed by atoms with Crippen LogP contribution in [0.4, 0.5) is 0 Å². The van der Waals surface area contributed by atoms with Gasteiger partial charge in [-0.2, -0.15) is 23.5 Å². The summed E-state index contributed by atoms with van der Waals surface area (Å²) in [6, 6.07) is 109. The van der Waals surface area contributed by atoms with Gasteiger partial charge in [0.05, 0.1) is 11.4 Å². The first kappa shape index (κ1) is 78.1. The fourth-order valence-electron chi connectivity index (χ4n) is 9.82. The van der Waals surface area contributed by atoms with Crippen molar-refractivity contribution in [1.82, 2.24) is 19.8 Å². The van der Waals surface area contributed by atoms with Crippen molar-refractivity contribution in [2.45, 2.75) is 61.1 Å². The second-order valence-corrected chi connectivity index (χ2v) is 32.8. The Labute approximate surface area is 587 Å². The summed E-state index contributed by atoms with van der Waals surface area (Å²) in [7, 11) is 8.37. The Morgan fingerprint density at radius 1 is 0.301 bits per heavy atom. The molecule has 93 heavy (non-hydrogen) atoms. The number of benzene rings is 9. The van der Waals surface area contributed by atoms with E-state index >= 15 is 0 Å². The van der Waals surface area contributed by atoms with E-state index in [1.807, 2.05) is 48.1 Å². The fraction of sp³-hybridized carbons (Fsp3) is 0.210. The van der Waals surface area contributed by atoms with E-state index in [0.717, 1.165) is 13.1 Å². The number of halogens is 2. The summed E-state index contributed by atoms with van der Waals surface area (Å²) in [5.74, 6) is 4.87. The summed E-state index contributed by atoms with van der Waals surface area (Å²) in [6.45, 7) is 15.5. The fourth-order valence-corrected chi connectivity index (χ4v) is 18.1. The Hall–Kier alpha value is -5.61. The predicted octanol–water partition coefficient (Wildman–Crippen LogP) is 18.4. The Balaban J connectivity index is 0.000000208. The van der Waals surface area contributed by atoms with Crippen molar-refractivity contribution in [1.29, 1.82) is 0 Å². The van der Waals surface area contributed by atoms with Crippen LogP contribution in [0.1, 0.15) is 59.4 Å². The maximum absolute atomic E-state index is 4.85. The van der Waals surface area contributed by atoms with E-state index in [0.29, 0.717) is 0 Å². The van der Waals surface area contributed by atoms with Crippen molar-refractivity contribution < 1.29 is 15.1 Å². The Bertz CT molecular complexity index is 2870. The molecule has 0 N–H and O–H groups in total. The molecule has 0 aliphatic rings. The molecule has 0 saturated heterocycles. The van der Waals surface area contributed by atoms with Crippen LogP contribution in [0.2, 0.25) is 0 Å². The van der Waals surface area contributed by atoms with Gasteiger partial charge in [-0.3, -0.25) is 19.8 Å².